The van der Waals surface area contributed by atoms with E-state index in [0.717, 1.165) is 0 Å². The predicted molar refractivity (Wildman–Crippen MR) is 88.0 cm³/mol. The summed E-state index contributed by atoms with van der Waals surface area (Å²) < 4.78 is 0. The molecule has 11 heteroatoms. The molecule has 0 aromatic rings. The van der Waals surface area contributed by atoms with Crippen LogP contribution in [0.25, 0.3) is 10.4 Å². The molecule has 0 bridgehead atoms. The van der Waals surface area contributed by atoms with Crippen LogP contribution < -0.4 is 5.43 Å². The lowest BCUT2D eigenvalue weighted by Gasteiger charge is -2.44. The number of aliphatic carboxylic acids is 1. The Morgan fingerprint density at radius 2 is 2.42 bits per heavy atom. The molecule has 0 radical (unpaired) electrons. The summed E-state index contributed by atoms with van der Waals surface area (Å²) in [5.74, 6) is -1.42. The first kappa shape index (κ1) is 18.1. The van der Waals surface area contributed by atoms with Gasteiger partial charge in [-0.05, 0) is 12.5 Å². The number of carboxylic acids is 1. The first-order valence-corrected chi connectivity index (χ1v) is 8.33. The van der Waals surface area contributed by atoms with Crippen molar-refractivity contribution in [2.75, 3.05) is 18.8 Å². The van der Waals surface area contributed by atoms with Crippen molar-refractivity contribution >= 4 is 29.9 Å². The van der Waals surface area contributed by atoms with Crippen molar-refractivity contribution in [1.82, 2.24) is 10.3 Å². The summed E-state index contributed by atoms with van der Waals surface area (Å²) in [5, 5.41) is 26.1. The van der Waals surface area contributed by atoms with Gasteiger partial charge >= 0.3 is 5.97 Å². The van der Waals surface area contributed by atoms with E-state index in [-0.39, 0.29) is 24.2 Å². The van der Waals surface area contributed by atoms with Gasteiger partial charge in [-0.25, -0.2) is 4.79 Å². The summed E-state index contributed by atoms with van der Waals surface area (Å²) >= 11 is 1.36. The second-order valence-electron chi connectivity index (χ2n) is 5.30. The molecule has 10 nitrogen and oxygen atoms in total. The third-order valence-electron chi connectivity index (χ3n) is 3.79. The number of β-lactam (4-membered cyclic amide) rings is 1. The predicted octanol–water partition coefficient (Wildman–Crippen LogP) is 0.513. The Bertz CT molecular complexity index is 628. The van der Waals surface area contributed by atoms with Gasteiger partial charge in [-0.2, -0.15) is 5.10 Å². The molecule has 0 aromatic heterocycles. The van der Waals surface area contributed by atoms with Gasteiger partial charge in [0.15, 0.2) is 0 Å². The molecule has 24 heavy (non-hydrogen) atoms. The van der Waals surface area contributed by atoms with Crippen molar-refractivity contribution in [3.63, 3.8) is 0 Å². The molecule has 0 unspecified atom stereocenters. The number of carbonyl (C=O) groups is 2. The summed E-state index contributed by atoms with van der Waals surface area (Å²) in [6.45, 7) is 2.19. The first-order valence-electron chi connectivity index (χ1n) is 7.34. The number of azide groups is 1. The van der Waals surface area contributed by atoms with Crippen LogP contribution in [0.1, 0.15) is 13.3 Å². The number of thioether (sulfide) groups is 1. The fraction of sp³-hybridized carbons (Fsp3) is 0.615. The van der Waals surface area contributed by atoms with Crippen LogP contribution in [0.3, 0.4) is 0 Å². The lowest BCUT2D eigenvalue weighted by Crippen LogP contribution is -2.61. The van der Waals surface area contributed by atoms with Gasteiger partial charge in [0.25, 0.3) is 0 Å². The molecule has 0 aliphatic carbocycles. The third kappa shape index (κ3) is 3.64. The number of nitrogens with one attached hydrogen (secondary N) is 1. The van der Waals surface area contributed by atoms with Crippen LogP contribution in [-0.2, 0) is 9.59 Å². The Morgan fingerprint density at radius 3 is 3.04 bits per heavy atom. The molecule has 2 aliphatic rings. The van der Waals surface area contributed by atoms with Crippen LogP contribution in [0.4, 0.5) is 0 Å². The van der Waals surface area contributed by atoms with Crippen molar-refractivity contribution in [2.45, 2.75) is 25.5 Å². The van der Waals surface area contributed by atoms with Crippen molar-refractivity contribution < 1.29 is 19.8 Å². The van der Waals surface area contributed by atoms with E-state index in [1.807, 2.05) is 0 Å². The minimum absolute atomic E-state index is 0.0266. The van der Waals surface area contributed by atoms with Crippen LogP contribution in [0.5, 0.6) is 0 Å². The number of rotatable bonds is 9. The van der Waals surface area contributed by atoms with Crippen LogP contribution in [-0.4, -0.2) is 64.2 Å². The van der Waals surface area contributed by atoms with Gasteiger partial charge in [-0.15, -0.1) is 11.8 Å². The van der Waals surface area contributed by atoms with E-state index in [1.165, 1.54) is 22.9 Å². The Kier molecular flexibility index (Phi) is 6.07. The van der Waals surface area contributed by atoms with Gasteiger partial charge in [0.05, 0.1) is 24.6 Å². The molecule has 2 heterocycles. The van der Waals surface area contributed by atoms with Gasteiger partial charge in [-0.3, -0.25) is 4.79 Å². The molecular weight excluding hydrogens is 336 g/mol. The molecule has 3 atom stereocenters. The molecule has 2 rings (SSSR count). The molecule has 1 saturated heterocycles. The monoisotopic (exact) mass is 354 g/mol. The summed E-state index contributed by atoms with van der Waals surface area (Å²) in [6.07, 6.45) is 1.10. The highest BCUT2D eigenvalue weighted by atomic mass is 32.2. The van der Waals surface area contributed by atoms with E-state index in [1.54, 1.807) is 6.92 Å². The van der Waals surface area contributed by atoms with Crippen molar-refractivity contribution in [1.29, 1.82) is 0 Å². The van der Waals surface area contributed by atoms with E-state index in [4.69, 9.17) is 5.53 Å². The van der Waals surface area contributed by atoms with E-state index < -0.39 is 18.0 Å². The zero-order chi connectivity index (χ0) is 17.7. The SMILES string of the molecule is C[C@@H](O)[C@H]1C(=O)N2C(C(=O)O)=C(SCCN/N=C/CN=[N+]=[N-])C[C@H]12. The number of carbonyl (C=O) groups excluding carboxylic acids is 1. The fourth-order valence-electron chi connectivity index (χ4n) is 2.82. The minimum Gasteiger partial charge on any atom is -0.477 e. The highest BCUT2D eigenvalue weighted by Gasteiger charge is 2.56. The van der Waals surface area contributed by atoms with Crippen molar-refractivity contribution in [3.05, 3.63) is 21.0 Å². The maximum absolute atomic E-state index is 12.0. The number of nitrogens with zero attached hydrogens (tertiary/aromatic N) is 5. The average molecular weight is 354 g/mol. The number of aliphatic hydroxyl groups is 1. The summed E-state index contributed by atoms with van der Waals surface area (Å²) in [4.78, 5) is 28.0. The summed E-state index contributed by atoms with van der Waals surface area (Å²) in [7, 11) is 0. The number of amides is 1. The molecule has 0 aromatic carbocycles. The van der Waals surface area contributed by atoms with Crippen molar-refractivity contribution in [2.24, 2.45) is 16.1 Å². The Labute approximate surface area is 142 Å². The largest absolute Gasteiger partial charge is 0.477 e. The van der Waals surface area contributed by atoms with E-state index >= 15 is 0 Å². The van der Waals surface area contributed by atoms with E-state index in [9.17, 15) is 19.8 Å². The maximum atomic E-state index is 12.0. The molecule has 3 N–H and O–H groups in total. The fourth-order valence-corrected chi connectivity index (χ4v) is 3.87. The molecule has 2 aliphatic heterocycles. The quantitative estimate of drug-likeness (QED) is 0.104. The number of carboxylic acid groups (broad SMARTS) is 1. The van der Waals surface area contributed by atoms with Crippen LogP contribution >= 0.6 is 11.8 Å². The standard InChI is InChI=1S/C13H18N6O4S/c1-7(20)10-8-6-9(11(13(22)23)19(8)12(10)21)24-5-4-16-15-2-3-17-18-14/h2,7-8,10,16,20H,3-6H2,1H3,(H,22,23)/b15-2+/t7-,8-,10-/m1/s1. The lowest BCUT2D eigenvalue weighted by atomic mass is 9.83. The maximum Gasteiger partial charge on any atom is 0.353 e. The molecular formula is C13H18N6O4S. The van der Waals surface area contributed by atoms with Crippen LogP contribution in [0.15, 0.2) is 20.8 Å². The van der Waals surface area contributed by atoms with Crippen molar-refractivity contribution in [3.8, 4) is 0 Å². The van der Waals surface area contributed by atoms with Gasteiger partial charge in [0.1, 0.15) is 5.70 Å². The smallest absolute Gasteiger partial charge is 0.353 e. The molecule has 0 spiro atoms. The number of aliphatic hydroxyl groups excluding tert-OH is 1. The Balaban J connectivity index is 1.88. The van der Waals surface area contributed by atoms with Crippen LogP contribution in [0, 0.1) is 5.92 Å². The first-order chi connectivity index (χ1) is 11.5. The number of hydrogen-bond acceptors (Lipinski definition) is 7. The topological polar surface area (TPSA) is 151 Å². The zero-order valence-electron chi connectivity index (χ0n) is 13.0. The minimum atomic E-state index is -1.13. The second kappa shape index (κ2) is 8.04. The molecule has 130 valence electrons. The average Bonchev–Trinajstić information content (AvgIpc) is 2.84. The third-order valence-corrected chi connectivity index (χ3v) is 4.91. The van der Waals surface area contributed by atoms with Crippen LogP contribution in [0.2, 0.25) is 0 Å². The molecule has 1 fully saturated rings. The molecule has 0 saturated carbocycles. The normalized spacial score (nSPS) is 23.8. The summed E-state index contributed by atoms with van der Waals surface area (Å²) in [6, 6.07) is -0.263. The Hall–Kier alpha value is -2.23. The zero-order valence-corrected chi connectivity index (χ0v) is 13.8. The second-order valence-corrected chi connectivity index (χ2v) is 6.49. The number of hydrogen-bond donors (Lipinski definition) is 3. The van der Waals surface area contributed by atoms with Gasteiger partial charge in [0.2, 0.25) is 5.91 Å². The number of fused-ring (bicyclic) bond motifs is 1. The lowest BCUT2D eigenvalue weighted by molar-refractivity contribution is -0.161. The highest BCUT2D eigenvalue weighted by molar-refractivity contribution is 8.03. The highest BCUT2D eigenvalue weighted by Crippen LogP contribution is 2.46. The van der Waals surface area contributed by atoms with Gasteiger partial charge in [0, 0.05) is 34.7 Å². The Morgan fingerprint density at radius 1 is 1.67 bits per heavy atom. The van der Waals surface area contributed by atoms with E-state index in [0.29, 0.717) is 23.6 Å². The van der Waals surface area contributed by atoms with E-state index in [2.05, 4.69) is 20.6 Å². The van der Waals surface area contributed by atoms with Gasteiger partial charge < -0.3 is 20.5 Å². The number of hydrazone groups is 1. The van der Waals surface area contributed by atoms with Gasteiger partial charge in [-0.1, -0.05) is 5.11 Å². The summed E-state index contributed by atoms with van der Waals surface area (Å²) in [5.41, 5.74) is 10.9. The molecule has 1 amide bonds.